The van der Waals surface area contributed by atoms with Gasteiger partial charge in [0.05, 0.1) is 29.2 Å². The van der Waals surface area contributed by atoms with Crippen molar-refractivity contribution in [2.24, 2.45) is 17.8 Å². The molecule has 2 aromatic carbocycles. The molecule has 4 aromatic rings. The fraction of sp³-hybridized carbons (Fsp3) is 0.0476. The van der Waals surface area contributed by atoms with Crippen molar-refractivity contribution in [1.82, 2.24) is 20.0 Å². The number of aromatic nitrogens is 4. The van der Waals surface area contributed by atoms with E-state index in [1.165, 1.54) is 6.20 Å². The predicted molar refractivity (Wildman–Crippen MR) is 118 cm³/mol. The first kappa shape index (κ1) is 18.9. The third-order valence-corrected chi connectivity index (χ3v) is 4.27. The number of amidine groups is 1. The number of H-pyrrole nitrogens is 1. The zero-order valence-corrected chi connectivity index (χ0v) is 16.2. The van der Waals surface area contributed by atoms with Gasteiger partial charge in [-0.05, 0) is 42.5 Å². The highest BCUT2D eigenvalue weighted by Crippen LogP contribution is 2.19. The molecule has 0 aliphatic heterocycles. The van der Waals surface area contributed by atoms with Crippen molar-refractivity contribution >= 4 is 39.7 Å². The molecule has 2 aromatic heterocycles. The molecule has 30 heavy (non-hydrogen) atoms. The molecule has 0 spiro atoms. The Morgan fingerprint density at radius 1 is 1.20 bits per heavy atom. The van der Waals surface area contributed by atoms with Crippen molar-refractivity contribution in [1.29, 1.82) is 0 Å². The van der Waals surface area contributed by atoms with Crippen LogP contribution in [0.5, 0.6) is 0 Å². The maximum atomic E-state index is 12.2. The van der Waals surface area contributed by atoms with Crippen LogP contribution < -0.4 is 16.4 Å². The number of aromatic amines is 1. The second-order valence-electron chi connectivity index (χ2n) is 6.59. The Labute approximate surface area is 172 Å². The lowest BCUT2D eigenvalue weighted by molar-refractivity contribution is 0.102. The van der Waals surface area contributed by atoms with E-state index in [-0.39, 0.29) is 5.91 Å². The number of anilines is 2. The van der Waals surface area contributed by atoms with Gasteiger partial charge < -0.3 is 16.4 Å². The van der Waals surface area contributed by atoms with Crippen LogP contribution in [0.15, 0.2) is 78.3 Å². The molecule has 0 saturated heterocycles. The number of fused-ring (bicyclic) bond motifs is 1. The van der Waals surface area contributed by atoms with E-state index in [9.17, 15) is 4.79 Å². The van der Waals surface area contributed by atoms with Gasteiger partial charge in [0.15, 0.2) is 0 Å². The summed E-state index contributed by atoms with van der Waals surface area (Å²) in [6.07, 6.45) is 8.28. The van der Waals surface area contributed by atoms with Crippen molar-refractivity contribution in [3.8, 4) is 0 Å². The van der Waals surface area contributed by atoms with Gasteiger partial charge in [-0.25, -0.2) is 4.99 Å². The Kier molecular flexibility index (Phi) is 5.25. The van der Waals surface area contributed by atoms with E-state index in [0.717, 1.165) is 22.3 Å². The Bertz CT molecular complexity index is 1250. The summed E-state index contributed by atoms with van der Waals surface area (Å²) in [7, 11) is 1.76. The average Bonchev–Trinajstić information content (AvgIpc) is 3.37. The van der Waals surface area contributed by atoms with Gasteiger partial charge in [0, 0.05) is 36.2 Å². The predicted octanol–water partition coefficient (Wildman–Crippen LogP) is 3.16. The summed E-state index contributed by atoms with van der Waals surface area (Å²) >= 11 is 0. The van der Waals surface area contributed by atoms with Crippen molar-refractivity contribution in [2.45, 2.75) is 0 Å². The first-order valence-corrected chi connectivity index (χ1v) is 9.17. The van der Waals surface area contributed by atoms with Crippen LogP contribution in [0.1, 0.15) is 10.4 Å². The van der Waals surface area contributed by atoms with Gasteiger partial charge in [0.2, 0.25) is 0 Å². The zero-order chi connectivity index (χ0) is 20.9. The Balaban J connectivity index is 1.38. The lowest BCUT2D eigenvalue weighted by atomic mass is 10.2. The van der Waals surface area contributed by atoms with Gasteiger partial charge >= 0.3 is 0 Å². The number of aliphatic imine (C=N–C) groups is 1. The van der Waals surface area contributed by atoms with E-state index in [1.54, 1.807) is 36.4 Å². The van der Waals surface area contributed by atoms with Crippen LogP contribution in [0.2, 0.25) is 0 Å². The number of benzene rings is 2. The molecule has 0 unspecified atom stereocenters. The molecule has 0 bridgehead atoms. The topological polar surface area (TPSA) is 126 Å². The molecule has 0 atom stereocenters. The molecule has 1 amide bonds. The molecule has 9 heteroatoms. The summed E-state index contributed by atoms with van der Waals surface area (Å²) in [5.41, 5.74) is 9.63. The molecular weight excluding hydrogens is 380 g/mol. The van der Waals surface area contributed by atoms with E-state index >= 15 is 0 Å². The number of nitrogens with two attached hydrogens (primary N) is 1. The molecule has 2 heterocycles. The lowest BCUT2D eigenvalue weighted by Gasteiger charge is -2.06. The molecule has 9 nitrogen and oxygen atoms in total. The van der Waals surface area contributed by atoms with Crippen LogP contribution in [0.25, 0.3) is 10.9 Å². The van der Waals surface area contributed by atoms with Gasteiger partial charge in [-0.1, -0.05) is 6.07 Å². The minimum absolute atomic E-state index is 0.221. The Hall–Kier alpha value is -4.40. The van der Waals surface area contributed by atoms with Crippen LogP contribution in [-0.2, 0) is 7.05 Å². The summed E-state index contributed by atoms with van der Waals surface area (Å²) in [6.45, 7) is 0. The van der Waals surface area contributed by atoms with E-state index < -0.39 is 0 Å². The Morgan fingerprint density at radius 3 is 2.90 bits per heavy atom. The van der Waals surface area contributed by atoms with E-state index in [4.69, 9.17) is 5.73 Å². The van der Waals surface area contributed by atoms with E-state index in [2.05, 4.69) is 30.9 Å². The first-order valence-electron chi connectivity index (χ1n) is 9.17. The maximum Gasteiger partial charge on any atom is 0.258 e. The number of rotatable bonds is 6. The fourth-order valence-electron chi connectivity index (χ4n) is 2.84. The van der Waals surface area contributed by atoms with Gasteiger partial charge in [-0.3, -0.25) is 14.6 Å². The summed E-state index contributed by atoms with van der Waals surface area (Å²) in [5, 5.41) is 17.8. The number of hydrogen-bond donors (Lipinski definition) is 4. The SMILES string of the molecule is Cn1cc(C(=O)Nc2cccc(N/C=C\C(N)=Nc3ccc4[nH]ncc4c3)c2)cn1. The number of nitrogens with one attached hydrogen (secondary N) is 3. The quantitative estimate of drug-likeness (QED) is 0.292. The van der Waals surface area contributed by atoms with Crippen LogP contribution in [0.3, 0.4) is 0 Å². The second-order valence-corrected chi connectivity index (χ2v) is 6.59. The van der Waals surface area contributed by atoms with Crippen molar-refractivity contribution in [3.63, 3.8) is 0 Å². The molecule has 150 valence electrons. The fourth-order valence-corrected chi connectivity index (χ4v) is 2.84. The van der Waals surface area contributed by atoms with Gasteiger partial charge in [0.1, 0.15) is 5.84 Å². The minimum Gasteiger partial charge on any atom is -0.384 e. The van der Waals surface area contributed by atoms with Crippen LogP contribution in [0.4, 0.5) is 17.1 Å². The van der Waals surface area contributed by atoms with Gasteiger partial charge in [-0.2, -0.15) is 10.2 Å². The normalized spacial score (nSPS) is 11.8. The second kappa shape index (κ2) is 8.31. The third-order valence-electron chi connectivity index (χ3n) is 4.27. The first-order chi connectivity index (χ1) is 14.6. The summed E-state index contributed by atoms with van der Waals surface area (Å²) in [5.74, 6) is 0.133. The number of aryl methyl sites for hydroxylation is 1. The molecule has 4 rings (SSSR count). The number of carbonyl (C=O) groups is 1. The molecule has 0 aliphatic carbocycles. The highest BCUT2D eigenvalue weighted by Gasteiger charge is 2.08. The van der Waals surface area contributed by atoms with Crippen LogP contribution in [-0.4, -0.2) is 31.7 Å². The van der Waals surface area contributed by atoms with Crippen molar-refractivity contribution < 1.29 is 4.79 Å². The highest BCUT2D eigenvalue weighted by atomic mass is 16.1. The monoisotopic (exact) mass is 400 g/mol. The smallest absolute Gasteiger partial charge is 0.258 e. The molecule has 5 N–H and O–H groups in total. The lowest BCUT2D eigenvalue weighted by Crippen LogP contribution is -2.11. The average molecular weight is 400 g/mol. The van der Waals surface area contributed by atoms with Crippen molar-refractivity contribution in [3.05, 3.63) is 78.9 Å². The zero-order valence-electron chi connectivity index (χ0n) is 16.2. The van der Waals surface area contributed by atoms with Gasteiger partial charge in [0.25, 0.3) is 5.91 Å². The third kappa shape index (κ3) is 4.53. The summed E-state index contributed by atoms with van der Waals surface area (Å²) in [4.78, 5) is 16.6. The van der Waals surface area contributed by atoms with Crippen molar-refractivity contribution in [2.75, 3.05) is 10.6 Å². The number of amides is 1. The molecule has 0 radical (unpaired) electrons. The number of hydrogen-bond acceptors (Lipinski definition) is 5. The Morgan fingerprint density at radius 2 is 2.07 bits per heavy atom. The van der Waals surface area contributed by atoms with E-state index in [0.29, 0.717) is 17.1 Å². The molecule has 0 aliphatic rings. The number of nitrogens with zero attached hydrogens (tertiary/aromatic N) is 4. The molecule has 0 saturated carbocycles. The minimum atomic E-state index is -0.221. The van der Waals surface area contributed by atoms with Crippen LogP contribution >= 0.6 is 0 Å². The maximum absolute atomic E-state index is 12.2. The summed E-state index contributed by atoms with van der Waals surface area (Å²) in [6, 6.07) is 13.0. The standard InChI is InChI=1S/C21H20N8O/c1-29-13-15(12-25-29)21(30)27-17-4-2-3-16(10-17)23-8-7-20(22)26-18-5-6-19-14(9-18)11-24-28-19/h2-13,23H,1H3,(H2,22,26)(H,24,28)(H,27,30)/b8-7-. The largest absolute Gasteiger partial charge is 0.384 e. The number of carbonyl (C=O) groups excluding carboxylic acids is 1. The van der Waals surface area contributed by atoms with Gasteiger partial charge in [-0.15, -0.1) is 0 Å². The van der Waals surface area contributed by atoms with E-state index in [1.807, 2.05) is 42.5 Å². The highest BCUT2D eigenvalue weighted by molar-refractivity contribution is 6.04. The van der Waals surface area contributed by atoms with Crippen LogP contribution in [0, 0.1) is 0 Å². The molecule has 0 fully saturated rings. The molecular formula is C21H20N8O. The summed E-state index contributed by atoms with van der Waals surface area (Å²) < 4.78 is 1.58.